The van der Waals surface area contributed by atoms with Crippen LogP contribution in [0.4, 0.5) is 0 Å². The number of hydrogen-bond donors (Lipinski definition) is 1. The maximum absolute atomic E-state index is 13.4. The molecule has 0 fully saturated rings. The van der Waals surface area contributed by atoms with E-state index in [1.165, 1.54) is 33.5 Å². The Kier molecular flexibility index (Phi) is 8.78. The molecular formula is C23H28ClNO8. The maximum Gasteiger partial charge on any atom is 0.340 e. The van der Waals surface area contributed by atoms with Crippen molar-refractivity contribution in [2.24, 2.45) is 0 Å². The lowest BCUT2D eigenvalue weighted by Crippen LogP contribution is -2.18. The van der Waals surface area contributed by atoms with Crippen LogP contribution in [0.5, 0.6) is 28.7 Å². The molecule has 1 N–H and O–H groups in total. The first-order valence-electron chi connectivity index (χ1n) is 9.96. The molecule has 0 unspecified atom stereocenters. The number of likely N-dealkylation sites (N-methyl/N-ethyl adjacent to an activating group) is 1. The van der Waals surface area contributed by atoms with Gasteiger partial charge in [-0.15, -0.1) is 12.4 Å². The Balaban J connectivity index is 0.00000385. The number of nitrogens with zero attached hydrogens (tertiary/aromatic N) is 1. The van der Waals surface area contributed by atoms with Crippen molar-refractivity contribution in [3.8, 4) is 28.7 Å². The number of carbonyl (C=O) groups excluding carboxylic acids is 1. The van der Waals surface area contributed by atoms with Crippen LogP contribution in [0.2, 0.25) is 0 Å². The van der Waals surface area contributed by atoms with Crippen LogP contribution >= 0.6 is 12.4 Å². The zero-order chi connectivity index (χ0) is 23.4. The molecule has 0 radical (unpaired) electrons. The fourth-order valence-electron chi connectivity index (χ4n) is 3.71. The monoisotopic (exact) mass is 481 g/mol. The Hall–Kier alpha value is -3.17. The number of rotatable bonds is 10. The Labute approximate surface area is 198 Å². The number of methoxy groups -OCH3 is 3. The van der Waals surface area contributed by atoms with Gasteiger partial charge in [0.15, 0.2) is 28.8 Å². The summed E-state index contributed by atoms with van der Waals surface area (Å²) < 4.78 is 27.1. The predicted octanol–water partition coefficient (Wildman–Crippen LogP) is 3.09. The van der Waals surface area contributed by atoms with Gasteiger partial charge in [0, 0.05) is 24.1 Å². The number of hydrogen-bond acceptors (Lipinski definition) is 8. The Bertz CT molecular complexity index is 1040. The van der Waals surface area contributed by atoms with Gasteiger partial charge in [-0.05, 0) is 44.3 Å². The molecule has 1 aliphatic rings. The van der Waals surface area contributed by atoms with Gasteiger partial charge in [0.1, 0.15) is 5.56 Å². The number of aromatic carboxylic acids is 1. The molecule has 0 spiro atoms. The average Bonchev–Trinajstić information content (AvgIpc) is 3.24. The number of ketones is 1. The van der Waals surface area contributed by atoms with E-state index in [-0.39, 0.29) is 48.2 Å². The van der Waals surface area contributed by atoms with E-state index in [0.717, 1.165) is 12.1 Å². The number of Topliss-reactive ketones (excluding diaryl/α,β-unsaturated/α-hetero) is 1. The molecular weight excluding hydrogens is 454 g/mol. The molecule has 2 aromatic rings. The van der Waals surface area contributed by atoms with E-state index in [9.17, 15) is 14.7 Å². The van der Waals surface area contributed by atoms with Gasteiger partial charge in [-0.25, -0.2) is 4.79 Å². The molecule has 10 heteroatoms. The number of halogens is 1. The third kappa shape index (κ3) is 5.26. The normalized spacial score (nSPS) is 11.7. The summed E-state index contributed by atoms with van der Waals surface area (Å²) in [5, 5.41) is 9.79. The molecule has 33 heavy (non-hydrogen) atoms. The first kappa shape index (κ1) is 26.1. The van der Waals surface area contributed by atoms with Crippen molar-refractivity contribution in [2.45, 2.75) is 12.8 Å². The van der Waals surface area contributed by atoms with E-state index in [1.54, 1.807) is 0 Å². The van der Waals surface area contributed by atoms with Crippen molar-refractivity contribution in [1.29, 1.82) is 0 Å². The standard InChI is InChI=1S/C23H27NO8.ClH/c1-24(2)9-8-13-10-18-22(32-12-31-18)20(29-4)15(13)11-16(25)14-6-7-17(28-3)21(30-5)19(14)23(26)27;/h6-7,10H,8-9,11-12H2,1-5H3,(H,26,27);1H. The molecule has 9 nitrogen and oxygen atoms in total. The van der Waals surface area contributed by atoms with E-state index in [0.29, 0.717) is 29.2 Å². The molecule has 1 aliphatic heterocycles. The van der Waals surface area contributed by atoms with Gasteiger partial charge in [-0.1, -0.05) is 0 Å². The molecule has 3 rings (SSSR count). The van der Waals surface area contributed by atoms with Gasteiger partial charge in [-0.2, -0.15) is 0 Å². The largest absolute Gasteiger partial charge is 0.493 e. The third-order valence-corrected chi connectivity index (χ3v) is 5.24. The summed E-state index contributed by atoms with van der Waals surface area (Å²) in [6.07, 6.45) is 0.554. The fraction of sp³-hybridized carbons (Fsp3) is 0.391. The minimum absolute atomic E-state index is 0. The molecule has 0 bridgehead atoms. The summed E-state index contributed by atoms with van der Waals surface area (Å²) in [5.74, 6) is -0.0374. The third-order valence-electron chi connectivity index (χ3n) is 5.24. The van der Waals surface area contributed by atoms with Crippen molar-refractivity contribution in [3.63, 3.8) is 0 Å². The summed E-state index contributed by atoms with van der Waals surface area (Å²) in [7, 11) is 8.15. The van der Waals surface area contributed by atoms with E-state index < -0.39 is 11.8 Å². The first-order chi connectivity index (χ1) is 15.3. The summed E-state index contributed by atoms with van der Waals surface area (Å²) in [6.45, 7) is 0.801. The van der Waals surface area contributed by atoms with E-state index >= 15 is 0 Å². The van der Waals surface area contributed by atoms with Gasteiger partial charge in [0.25, 0.3) is 0 Å². The zero-order valence-corrected chi connectivity index (χ0v) is 20.0. The van der Waals surface area contributed by atoms with E-state index in [4.69, 9.17) is 23.7 Å². The van der Waals surface area contributed by atoms with Gasteiger partial charge >= 0.3 is 5.97 Å². The zero-order valence-electron chi connectivity index (χ0n) is 19.2. The van der Waals surface area contributed by atoms with Crippen LogP contribution in [0.25, 0.3) is 0 Å². The summed E-state index contributed by atoms with van der Waals surface area (Å²) >= 11 is 0. The second-order valence-electron chi connectivity index (χ2n) is 7.46. The lowest BCUT2D eigenvalue weighted by Gasteiger charge is -2.18. The van der Waals surface area contributed by atoms with Gasteiger partial charge in [-0.3, -0.25) is 4.79 Å². The molecule has 0 aromatic heterocycles. The molecule has 180 valence electrons. The van der Waals surface area contributed by atoms with Crippen LogP contribution in [0.3, 0.4) is 0 Å². The number of fused-ring (bicyclic) bond motifs is 1. The Morgan fingerprint density at radius 2 is 1.76 bits per heavy atom. The molecule has 0 aliphatic carbocycles. The molecule has 0 saturated heterocycles. The average molecular weight is 482 g/mol. The minimum Gasteiger partial charge on any atom is -0.493 e. The van der Waals surface area contributed by atoms with Crippen molar-refractivity contribution >= 4 is 24.2 Å². The number of ether oxygens (including phenoxy) is 5. The molecule has 2 aromatic carbocycles. The summed E-state index contributed by atoms with van der Waals surface area (Å²) in [6, 6.07) is 4.80. The number of carbonyl (C=O) groups is 2. The Morgan fingerprint density at radius 3 is 2.33 bits per heavy atom. The van der Waals surface area contributed by atoms with E-state index in [2.05, 4.69) is 0 Å². The van der Waals surface area contributed by atoms with Crippen LogP contribution in [0.15, 0.2) is 18.2 Å². The highest BCUT2D eigenvalue weighted by atomic mass is 35.5. The van der Waals surface area contributed by atoms with Crippen LogP contribution < -0.4 is 23.7 Å². The van der Waals surface area contributed by atoms with Crippen molar-refractivity contribution in [1.82, 2.24) is 4.90 Å². The van der Waals surface area contributed by atoms with Crippen molar-refractivity contribution in [2.75, 3.05) is 48.8 Å². The minimum atomic E-state index is -1.28. The van der Waals surface area contributed by atoms with Gasteiger partial charge < -0.3 is 33.7 Å². The maximum atomic E-state index is 13.4. The molecule has 0 saturated carbocycles. The number of carboxylic acids is 1. The number of carboxylic acid groups (broad SMARTS) is 1. The van der Waals surface area contributed by atoms with Gasteiger partial charge in [0.2, 0.25) is 12.5 Å². The lowest BCUT2D eigenvalue weighted by molar-refractivity contribution is 0.0687. The first-order valence-corrected chi connectivity index (χ1v) is 9.96. The quantitative estimate of drug-likeness (QED) is 0.512. The molecule has 1 heterocycles. The highest BCUT2D eigenvalue weighted by Crippen LogP contribution is 2.46. The highest BCUT2D eigenvalue weighted by Gasteiger charge is 2.29. The number of benzene rings is 2. The lowest BCUT2D eigenvalue weighted by atomic mass is 9.92. The smallest absolute Gasteiger partial charge is 0.340 e. The summed E-state index contributed by atoms with van der Waals surface area (Å²) in [4.78, 5) is 27.4. The highest BCUT2D eigenvalue weighted by molar-refractivity contribution is 6.09. The SMILES string of the molecule is COc1ccc(C(=O)Cc2c(CCN(C)C)cc3c(c2OC)OCO3)c(C(=O)O)c1OC.Cl. The fourth-order valence-corrected chi connectivity index (χ4v) is 3.71. The van der Waals surface area contributed by atoms with Crippen LogP contribution in [-0.2, 0) is 12.8 Å². The Morgan fingerprint density at radius 1 is 1.06 bits per heavy atom. The van der Waals surface area contributed by atoms with E-state index in [1.807, 2.05) is 25.1 Å². The van der Waals surface area contributed by atoms with Crippen LogP contribution in [0.1, 0.15) is 31.8 Å². The predicted molar refractivity (Wildman–Crippen MR) is 123 cm³/mol. The second kappa shape index (κ2) is 11.1. The van der Waals surface area contributed by atoms with Crippen LogP contribution in [0, 0.1) is 0 Å². The van der Waals surface area contributed by atoms with Crippen molar-refractivity contribution < 1.29 is 38.4 Å². The second-order valence-corrected chi connectivity index (χ2v) is 7.46. The van der Waals surface area contributed by atoms with Gasteiger partial charge in [0.05, 0.1) is 21.3 Å². The van der Waals surface area contributed by atoms with Crippen molar-refractivity contribution in [3.05, 3.63) is 40.5 Å². The van der Waals surface area contributed by atoms with Crippen LogP contribution in [-0.4, -0.2) is 70.5 Å². The summed E-state index contributed by atoms with van der Waals surface area (Å²) in [5.41, 5.74) is 1.28. The molecule has 0 amide bonds. The molecule has 0 atom stereocenters. The topological polar surface area (TPSA) is 104 Å².